The zero-order valence-corrected chi connectivity index (χ0v) is 7.98. The monoisotopic (exact) mass is 153 g/mol. The largest absolute Gasteiger partial charge is 0.300 e. The van der Waals surface area contributed by atoms with E-state index in [0.29, 0.717) is 0 Å². The average molecular weight is 153 g/mol. The van der Waals surface area contributed by atoms with Crippen LogP contribution in [0.2, 0.25) is 0 Å². The van der Waals surface area contributed by atoms with Gasteiger partial charge in [0.1, 0.15) is 0 Å². The molecule has 0 bridgehead atoms. The molecule has 0 heterocycles. The molecular formula is C10H19N. The standard InChI is InChI=1S/C10H19N/c1-6-11(7-2)8-10(5)9(3)4/h3,5-8H2,1-2,4H3. The Balaban J connectivity index is 3.81. The van der Waals surface area contributed by atoms with E-state index in [1.807, 2.05) is 6.92 Å². The summed E-state index contributed by atoms with van der Waals surface area (Å²) in [7, 11) is 0. The molecule has 0 amide bonds. The van der Waals surface area contributed by atoms with Crippen molar-refractivity contribution >= 4 is 0 Å². The van der Waals surface area contributed by atoms with Crippen LogP contribution in [0.1, 0.15) is 20.8 Å². The molecule has 0 saturated carbocycles. The van der Waals surface area contributed by atoms with Gasteiger partial charge in [-0.3, -0.25) is 4.90 Å². The van der Waals surface area contributed by atoms with Gasteiger partial charge < -0.3 is 0 Å². The molecule has 0 atom stereocenters. The lowest BCUT2D eigenvalue weighted by atomic mass is 10.1. The summed E-state index contributed by atoms with van der Waals surface area (Å²) in [4.78, 5) is 2.33. The third-order valence-corrected chi connectivity index (χ3v) is 1.91. The van der Waals surface area contributed by atoms with Crippen molar-refractivity contribution in [3.63, 3.8) is 0 Å². The Morgan fingerprint density at radius 3 is 1.91 bits per heavy atom. The Morgan fingerprint density at radius 2 is 1.64 bits per heavy atom. The second-order valence-corrected chi connectivity index (χ2v) is 2.85. The Kier molecular flexibility index (Phi) is 4.88. The molecule has 0 saturated heterocycles. The van der Waals surface area contributed by atoms with Gasteiger partial charge in [-0.25, -0.2) is 0 Å². The van der Waals surface area contributed by atoms with Crippen molar-refractivity contribution in [3.05, 3.63) is 24.3 Å². The SMILES string of the molecule is C=C(C)C(=C)CN(CC)CC. The quantitative estimate of drug-likeness (QED) is 0.548. The molecule has 1 nitrogen and oxygen atoms in total. The maximum Gasteiger partial charge on any atom is 0.0230 e. The minimum Gasteiger partial charge on any atom is -0.300 e. The van der Waals surface area contributed by atoms with Crippen LogP contribution in [-0.2, 0) is 0 Å². The van der Waals surface area contributed by atoms with Crippen LogP contribution in [0.4, 0.5) is 0 Å². The normalized spacial score (nSPS) is 10.2. The highest BCUT2D eigenvalue weighted by Crippen LogP contribution is 2.05. The van der Waals surface area contributed by atoms with Gasteiger partial charge >= 0.3 is 0 Å². The lowest BCUT2D eigenvalue weighted by molar-refractivity contribution is 0.331. The molecule has 0 aromatic heterocycles. The first-order valence-corrected chi connectivity index (χ1v) is 4.17. The van der Waals surface area contributed by atoms with E-state index in [-0.39, 0.29) is 0 Å². The zero-order valence-electron chi connectivity index (χ0n) is 7.98. The molecule has 1 heteroatoms. The third-order valence-electron chi connectivity index (χ3n) is 1.91. The van der Waals surface area contributed by atoms with Crippen LogP contribution < -0.4 is 0 Å². The first kappa shape index (κ1) is 10.4. The van der Waals surface area contributed by atoms with E-state index in [1.165, 1.54) is 0 Å². The Labute approximate surface area is 70.4 Å². The minimum absolute atomic E-state index is 0.961. The first-order chi connectivity index (χ1) is 5.11. The van der Waals surface area contributed by atoms with Crippen molar-refractivity contribution in [2.75, 3.05) is 19.6 Å². The number of hydrogen-bond acceptors (Lipinski definition) is 1. The van der Waals surface area contributed by atoms with Crippen molar-refractivity contribution in [3.8, 4) is 0 Å². The van der Waals surface area contributed by atoms with Gasteiger partial charge in [-0.15, -0.1) is 0 Å². The van der Waals surface area contributed by atoms with E-state index in [1.54, 1.807) is 0 Å². The number of likely N-dealkylation sites (N-methyl/N-ethyl adjacent to an activating group) is 1. The maximum atomic E-state index is 3.95. The Bertz CT molecular complexity index is 143. The van der Waals surface area contributed by atoms with Crippen LogP contribution in [-0.4, -0.2) is 24.5 Å². The summed E-state index contributed by atoms with van der Waals surface area (Å²) in [6, 6.07) is 0. The molecule has 0 fully saturated rings. The van der Waals surface area contributed by atoms with Crippen molar-refractivity contribution in [2.45, 2.75) is 20.8 Å². The lowest BCUT2D eigenvalue weighted by Gasteiger charge is -2.19. The van der Waals surface area contributed by atoms with Gasteiger partial charge in [0.2, 0.25) is 0 Å². The summed E-state index contributed by atoms with van der Waals surface area (Å²) in [6.45, 7) is 17.3. The molecule has 0 unspecified atom stereocenters. The third kappa shape index (κ3) is 3.99. The highest BCUT2D eigenvalue weighted by Gasteiger charge is 2.01. The van der Waals surface area contributed by atoms with Crippen LogP contribution in [0.25, 0.3) is 0 Å². The fraction of sp³-hybridized carbons (Fsp3) is 0.600. The summed E-state index contributed by atoms with van der Waals surface area (Å²) >= 11 is 0. The first-order valence-electron chi connectivity index (χ1n) is 4.17. The molecule has 0 aliphatic carbocycles. The average Bonchev–Trinajstić information content (AvgIpc) is 1.99. The number of rotatable bonds is 5. The predicted octanol–water partition coefficient (Wildman–Crippen LogP) is 2.46. The van der Waals surface area contributed by atoms with E-state index in [4.69, 9.17) is 0 Å². The molecule has 0 rings (SSSR count). The summed E-state index contributed by atoms with van der Waals surface area (Å²) in [5.74, 6) is 0. The van der Waals surface area contributed by atoms with E-state index in [0.717, 1.165) is 30.8 Å². The van der Waals surface area contributed by atoms with E-state index in [9.17, 15) is 0 Å². The van der Waals surface area contributed by atoms with Crippen molar-refractivity contribution in [2.24, 2.45) is 0 Å². The Morgan fingerprint density at radius 1 is 1.18 bits per heavy atom. The van der Waals surface area contributed by atoms with Crippen molar-refractivity contribution < 1.29 is 0 Å². The molecule has 0 spiro atoms. The van der Waals surface area contributed by atoms with Crippen LogP contribution >= 0.6 is 0 Å². The number of hydrogen-bond donors (Lipinski definition) is 0. The van der Waals surface area contributed by atoms with Crippen molar-refractivity contribution in [1.82, 2.24) is 4.90 Å². The van der Waals surface area contributed by atoms with Gasteiger partial charge in [0, 0.05) is 6.54 Å². The molecule has 0 aliphatic heterocycles. The predicted molar refractivity (Wildman–Crippen MR) is 51.7 cm³/mol. The number of nitrogens with zero attached hydrogens (tertiary/aromatic N) is 1. The van der Waals surface area contributed by atoms with E-state index in [2.05, 4.69) is 31.9 Å². The van der Waals surface area contributed by atoms with Gasteiger partial charge in [-0.05, 0) is 25.6 Å². The summed E-state index contributed by atoms with van der Waals surface area (Å²) < 4.78 is 0. The van der Waals surface area contributed by atoms with Gasteiger partial charge in [0.15, 0.2) is 0 Å². The van der Waals surface area contributed by atoms with Gasteiger partial charge in [0.25, 0.3) is 0 Å². The molecular weight excluding hydrogens is 134 g/mol. The van der Waals surface area contributed by atoms with Gasteiger partial charge in [-0.1, -0.05) is 32.6 Å². The fourth-order valence-electron chi connectivity index (χ4n) is 0.852. The second kappa shape index (κ2) is 5.14. The second-order valence-electron chi connectivity index (χ2n) is 2.85. The molecule has 0 N–H and O–H groups in total. The van der Waals surface area contributed by atoms with Crippen LogP contribution in [0.3, 0.4) is 0 Å². The summed E-state index contributed by atoms with van der Waals surface area (Å²) in [5.41, 5.74) is 2.24. The van der Waals surface area contributed by atoms with E-state index >= 15 is 0 Å². The van der Waals surface area contributed by atoms with Crippen molar-refractivity contribution in [1.29, 1.82) is 0 Å². The van der Waals surface area contributed by atoms with Crippen LogP contribution in [0.5, 0.6) is 0 Å². The summed E-state index contributed by atoms with van der Waals surface area (Å²) in [5, 5.41) is 0. The van der Waals surface area contributed by atoms with Crippen LogP contribution in [0, 0.1) is 0 Å². The highest BCUT2D eigenvalue weighted by molar-refractivity contribution is 5.23. The zero-order chi connectivity index (χ0) is 8.85. The van der Waals surface area contributed by atoms with Crippen LogP contribution in [0.15, 0.2) is 24.3 Å². The molecule has 11 heavy (non-hydrogen) atoms. The smallest absolute Gasteiger partial charge is 0.0230 e. The van der Waals surface area contributed by atoms with Gasteiger partial charge in [-0.2, -0.15) is 0 Å². The molecule has 0 aromatic rings. The molecule has 64 valence electrons. The molecule has 0 aliphatic rings. The van der Waals surface area contributed by atoms with Gasteiger partial charge in [0.05, 0.1) is 0 Å². The maximum absolute atomic E-state index is 3.95. The topological polar surface area (TPSA) is 3.24 Å². The summed E-state index contributed by atoms with van der Waals surface area (Å²) in [6.07, 6.45) is 0. The highest BCUT2D eigenvalue weighted by atomic mass is 15.1. The van der Waals surface area contributed by atoms with E-state index < -0.39 is 0 Å². The minimum atomic E-state index is 0.961. The Hall–Kier alpha value is -0.560. The molecule has 0 radical (unpaired) electrons. The lowest BCUT2D eigenvalue weighted by Crippen LogP contribution is -2.25. The fourth-order valence-corrected chi connectivity index (χ4v) is 0.852. The molecule has 0 aromatic carbocycles.